The van der Waals surface area contributed by atoms with Crippen molar-refractivity contribution in [1.82, 2.24) is 10.2 Å². The third kappa shape index (κ3) is 2.10. The van der Waals surface area contributed by atoms with E-state index in [-0.39, 0.29) is 4.84 Å². The molecule has 1 N–H and O–H groups in total. The Bertz CT molecular complexity index is 535. The van der Waals surface area contributed by atoms with Crippen LogP contribution in [0.1, 0.15) is 0 Å². The molecule has 0 saturated heterocycles. The number of ether oxygens (including phenoxy) is 1. The minimum absolute atomic E-state index is 0.261. The van der Waals surface area contributed by atoms with E-state index < -0.39 is 0 Å². The van der Waals surface area contributed by atoms with E-state index in [0.717, 1.165) is 15.8 Å². The van der Waals surface area contributed by atoms with Crippen LogP contribution in [0.15, 0.2) is 27.1 Å². The highest BCUT2D eigenvalue weighted by molar-refractivity contribution is 9.10. The minimum Gasteiger partial charge on any atom is -0.496 e. The predicted molar refractivity (Wildman–Crippen MR) is 61.4 cm³/mol. The summed E-state index contributed by atoms with van der Waals surface area (Å²) in [5, 5.41) is 6.49. The van der Waals surface area contributed by atoms with Crippen molar-refractivity contribution in [3.05, 3.63) is 27.5 Å². The van der Waals surface area contributed by atoms with Gasteiger partial charge >= 0.3 is 0 Å². The monoisotopic (exact) mass is 286 g/mol. The first kappa shape index (κ1) is 10.4. The number of benzene rings is 1. The molecular formula is C9H7BrN2O2S. The van der Waals surface area contributed by atoms with Crippen LogP contribution < -0.4 is 4.74 Å². The molecule has 0 aliphatic heterocycles. The average Bonchev–Trinajstić information content (AvgIpc) is 2.65. The second-order valence-corrected chi connectivity index (χ2v) is 3.99. The highest BCUT2D eigenvalue weighted by atomic mass is 79.9. The molecule has 1 aromatic carbocycles. The molecule has 0 saturated carbocycles. The molecule has 78 valence electrons. The van der Waals surface area contributed by atoms with Crippen LogP contribution in [0.4, 0.5) is 0 Å². The number of aromatic nitrogens is 2. The normalized spacial score (nSPS) is 10.3. The largest absolute Gasteiger partial charge is 0.496 e. The Kier molecular flexibility index (Phi) is 2.88. The van der Waals surface area contributed by atoms with Gasteiger partial charge in [-0.3, -0.25) is 0 Å². The topological polar surface area (TPSA) is 51.0 Å². The molecular weight excluding hydrogens is 280 g/mol. The van der Waals surface area contributed by atoms with Gasteiger partial charge in [0, 0.05) is 5.56 Å². The van der Waals surface area contributed by atoms with Gasteiger partial charge in [0.15, 0.2) is 0 Å². The molecule has 0 aliphatic carbocycles. The van der Waals surface area contributed by atoms with Gasteiger partial charge < -0.3 is 9.15 Å². The molecule has 2 rings (SSSR count). The molecule has 0 unspecified atom stereocenters. The SMILES string of the molecule is COc1ccc(-c2n[nH]c(=S)o2)cc1Br. The van der Waals surface area contributed by atoms with Crippen molar-refractivity contribution in [2.45, 2.75) is 0 Å². The van der Waals surface area contributed by atoms with E-state index in [1.807, 2.05) is 18.2 Å². The number of nitrogens with zero attached hydrogens (tertiary/aromatic N) is 1. The van der Waals surface area contributed by atoms with E-state index in [4.69, 9.17) is 21.4 Å². The fourth-order valence-corrected chi connectivity index (χ4v) is 1.82. The van der Waals surface area contributed by atoms with Crippen LogP contribution in [0.3, 0.4) is 0 Å². The lowest BCUT2D eigenvalue weighted by molar-refractivity contribution is 0.412. The number of rotatable bonds is 2. The number of methoxy groups -OCH3 is 1. The number of nitrogens with one attached hydrogen (secondary N) is 1. The Morgan fingerprint density at radius 3 is 2.87 bits per heavy atom. The lowest BCUT2D eigenvalue weighted by atomic mass is 10.2. The van der Waals surface area contributed by atoms with E-state index >= 15 is 0 Å². The summed E-state index contributed by atoms with van der Waals surface area (Å²) in [4.78, 5) is 0.261. The van der Waals surface area contributed by atoms with Crippen molar-refractivity contribution in [2.75, 3.05) is 7.11 Å². The third-order valence-electron chi connectivity index (χ3n) is 1.84. The molecule has 6 heteroatoms. The zero-order valence-corrected chi connectivity index (χ0v) is 10.2. The fourth-order valence-electron chi connectivity index (χ4n) is 1.15. The molecule has 0 fully saturated rings. The van der Waals surface area contributed by atoms with Crippen molar-refractivity contribution in [3.8, 4) is 17.2 Å². The summed E-state index contributed by atoms with van der Waals surface area (Å²) in [7, 11) is 1.61. The van der Waals surface area contributed by atoms with Gasteiger partial charge in [0.05, 0.1) is 11.6 Å². The molecule has 15 heavy (non-hydrogen) atoms. The van der Waals surface area contributed by atoms with Gasteiger partial charge in [0.2, 0.25) is 5.89 Å². The molecule has 4 nitrogen and oxygen atoms in total. The molecule has 1 heterocycles. The maximum atomic E-state index is 5.18. The molecule has 0 atom stereocenters. The summed E-state index contributed by atoms with van der Waals surface area (Å²) >= 11 is 8.17. The summed E-state index contributed by atoms with van der Waals surface area (Å²) in [6.45, 7) is 0. The van der Waals surface area contributed by atoms with Crippen LogP contribution in [0.2, 0.25) is 0 Å². The number of H-pyrrole nitrogens is 1. The molecule has 2 aromatic rings. The van der Waals surface area contributed by atoms with Crippen LogP contribution in [0.25, 0.3) is 11.5 Å². The van der Waals surface area contributed by atoms with Gasteiger partial charge in [-0.2, -0.15) is 0 Å². The summed E-state index contributed by atoms with van der Waals surface area (Å²) < 4.78 is 11.1. The van der Waals surface area contributed by atoms with Gasteiger partial charge in [-0.05, 0) is 46.3 Å². The van der Waals surface area contributed by atoms with Gasteiger partial charge in [-0.25, -0.2) is 5.10 Å². The van der Waals surface area contributed by atoms with Gasteiger partial charge in [-0.1, -0.05) is 0 Å². The zero-order chi connectivity index (χ0) is 10.8. The first-order chi connectivity index (χ1) is 7.20. The number of aromatic amines is 1. The van der Waals surface area contributed by atoms with Crippen molar-refractivity contribution in [2.24, 2.45) is 0 Å². The van der Waals surface area contributed by atoms with Gasteiger partial charge in [-0.15, -0.1) is 5.10 Å². The molecule has 0 bridgehead atoms. The summed E-state index contributed by atoms with van der Waals surface area (Å²) in [5.74, 6) is 1.22. The second-order valence-electron chi connectivity index (χ2n) is 2.77. The quantitative estimate of drug-likeness (QED) is 0.862. The van der Waals surface area contributed by atoms with E-state index in [9.17, 15) is 0 Å². The van der Waals surface area contributed by atoms with Crippen molar-refractivity contribution >= 4 is 28.1 Å². The predicted octanol–water partition coefficient (Wildman–Crippen LogP) is 3.17. The van der Waals surface area contributed by atoms with E-state index in [2.05, 4.69) is 26.1 Å². The molecule has 0 aliphatic rings. The Labute approximate surface area is 99.4 Å². The number of hydrogen-bond donors (Lipinski definition) is 1. The first-order valence-corrected chi connectivity index (χ1v) is 5.30. The second kappa shape index (κ2) is 4.16. The van der Waals surface area contributed by atoms with Crippen LogP contribution in [0.5, 0.6) is 5.75 Å². The molecule has 0 amide bonds. The van der Waals surface area contributed by atoms with Crippen LogP contribution in [-0.2, 0) is 0 Å². The fraction of sp³-hybridized carbons (Fsp3) is 0.111. The minimum atomic E-state index is 0.261. The van der Waals surface area contributed by atoms with E-state index in [1.165, 1.54) is 0 Å². The third-order valence-corrected chi connectivity index (χ3v) is 2.63. The Hall–Kier alpha value is -1.14. The van der Waals surface area contributed by atoms with E-state index in [1.54, 1.807) is 7.11 Å². The zero-order valence-electron chi connectivity index (χ0n) is 7.78. The Morgan fingerprint density at radius 1 is 1.53 bits per heavy atom. The van der Waals surface area contributed by atoms with E-state index in [0.29, 0.717) is 5.89 Å². The highest BCUT2D eigenvalue weighted by Gasteiger charge is 2.07. The standard InChI is InChI=1S/C9H7BrN2O2S/c1-13-7-3-2-5(4-6(7)10)8-11-12-9(15)14-8/h2-4H,1H3,(H,12,15). The summed E-state index contributed by atoms with van der Waals surface area (Å²) in [6, 6.07) is 5.53. The van der Waals surface area contributed by atoms with Crippen molar-refractivity contribution in [1.29, 1.82) is 0 Å². The summed E-state index contributed by atoms with van der Waals surface area (Å²) in [6.07, 6.45) is 0. The smallest absolute Gasteiger partial charge is 0.284 e. The molecule has 0 spiro atoms. The van der Waals surface area contributed by atoms with Crippen molar-refractivity contribution in [3.63, 3.8) is 0 Å². The maximum absolute atomic E-state index is 5.18. The molecule has 1 aromatic heterocycles. The van der Waals surface area contributed by atoms with Crippen LogP contribution in [0, 0.1) is 4.84 Å². The average molecular weight is 287 g/mol. The Balaban J connectivity index is 2.46. The first-order valence-electron chi connectivity index (χ1n) is 4.10. The van der Waals surface area contributed by atoms with Crippen LogP contribution in [-0.4, -0.2) is 17.3 Å². The summed E-state index contributed by atoms with van der Waals surface area (Å²) in [5.41, 5.74) is 0.829. The molecule has 0 radical (unpaired) electrons. The highest BCUT2D eigenvalue weighted by Crippen LogP contribution is 2.29. The number of halogens is 1. The van der Waals surface area contributed by atoms with Crippen molar-refractivity contribution < 1.29 is 9.15 Å². The van der Waals surface area contributed by atoms with Crippen LogP contribution >= 0.6 is 28.1 Å². The lowest BCUT2D eigenvalue weighted by Crippen LogP contribution is -1.85. The van der Waals surface area contributed by atoms with Gasteiger partial charge in [0.25, 0.3) is 4.84 Å². The Morgan fingerprint density at radius 2 is 2.33 bits per heavy atom. The lowest BCUT2D eigenvalue weighted by Gasteiger charge is -2.03. The van der Waals surface area contributed by atoms with Gasteiger partial charge in [0.1, 0.15) is 5.75 Å². The maximum Gasteiger partial charge on any atom is 0.284 e. The number of hydrogen-bond acceptors (Lipinski definition) is 4.